The van der Waals surface area contributed by atoms with Crippen molar-refractivity contribution in [2.75, 3.05) is 30.0 Å². The maximum absolute atomic E-state index is 12.6. The topological polar surface area (TPSA) is 71.8 Å². The number of rotatable bonds is 5. The number of carbonyl (C=O) groups excluding carboxylic acids is 2. The molecule has 126 valence electrons. The van der Waals surface area contributed by atoms with Crippen molar-refractivity contribution >= 4 is 23.2 Å². The number of hydrogen-bond donors (Lipinski definition) is 1. The van der Waals surface area contributed by atoms with E-state index in [1.54, 1.807) is 17.0 Å². The lowest BCUT2D eigenvalue weighted by atomic mass is 10.0. The Hall–Kier alpha value is -2.60. The average molecular weight is 328 g/mol. The van der Waals surface area contributed by atoms with Crippen molar-refractivity contribution in [3.63, 3.8) is 0 Å². The van der Waals surface area contributed by atoms with Crippen molar-refractivity contribution in [2.24, 2.45) is 0 Å². The molecule has 24 heavy (non-hydrogen) atoms. The van der Waals surface area contributed by atoms with Crippen LogP contribution in [0.2, 0.25) is 0 Å². The number of carbonyl (C=O) groups is 2. The van der Waals surface area contributed by atoms with Gasteiger partial charge in [-0.15, -0.1) is 0 Å². The summed E-state index contributed by atoms with van der Waals surface area (Å²) >= 11 is 0. The van der Waals surface area contributed by atoms with E-state index in [0.29, 0.717) is 24.6 Å². The van der Waals surface area contributed by atoms with Gasteiger partial charge in [0.05, 0.1) is 6.26 Å². The standard InChI is InChI=1S/C18H20N2O4/c1-2-23-12-17(21)19-14-8-7-13-5-3-9-20(15(13)11-14)18(22)16-6-4-10-24-16/h4,6-8,10-11H,2-3,5,9,12H2,1H3,(H,19,21). The van der Waals surface area contributed by atoms with Gasteiger partial charge in [0.2, 0.25) is 5.91 Å². The van der Waals surface area contributed by atoms with E-state index in [4.69, 9.17) is 9.15 Å². The molecule has 2 amide bonds. The third-order valence-electron chi connectivity index (χ3n) is 3.90. The highest BCUT2D eigenvalue weighted by Crippen LogP contribution is 2.31. The highest BCUT2D eigenvalue weighted by molar-refractivity contribution is 6.05. The second-order valence-corrected chi connectivity index (χ2v) is 5.57. The normalized spacial score (nSPS) is 13.5. The van der Waals surface area contributed by atoms with Crippen LogP contribution in [0, 0.1) is 0 Å². The summed E-state index contributed by atoms with van der Waals surface area (Å²) < 4.78 is 10.3. The number of ether oxygens (including phenoxy) is 1. The lowest BCUT2D eigenvalue weighted by Gasteiger charge is -2.29. The zero-order valence-electron chi connectivity index (χ0n) is 13.6. The molecule has 1 aliphatic rings. The zero-order valence-corrected chi connectivity index (χ0v) is 13.6. The summed E-state index contributed by atoms with van der Waals surface area (Å²) in [5.74, 6) is -0.0658. The van der Waals surface area contributed by atoms with Crippen LogP contribution in [-0.2, 0) is 16.0 Å². The van der Waals surface area contributed by atoms with E-state index in [9.17, 15) is 9.59 Å². The molecule has 0 unspecified atom stereocenters. The van der Waals surface area contributed by atoms with Crippen LogP contribution in [0.15, 0.2) is 41.0 Å². The fourth-order valence-corrected chi connectivity index (χ4v) is 2.79. The molecular formula is C18H20N2O4. The van der Waals surface area contributed by atoms with Gasteiger partial charge in [0.15, 0.2) is 5.76 Å². The highest BCUT2D eigenvalue weighted by Gasteiger charge is 2.25. The van der Waals surface area contributed by atoms with E-state index in [2.05, 4.69) is 5.32 Å². The van der Waals surface area contributed by atoms with Crippen molar-refractivity contribution in [1.29, 1.82) is 0 Å². The van der Waals surface area contributed by atoms with Gasteiger partial charge in [0.25, 0.3) is 5.91 Å². The van der Waals surface area contributed by atoms with Gasteiger partial charge >= 0.3 is 0 Å². The molecule has 0 saturated carbocycles. The first-order valence-electron chi connectivity index (χ1n) is 8.05. The van der Waals surface area contributed by atoms with Crippen molar-refractivity contribution in [3.8, 4) is 0 Å². The fourth-order valence-electron chi connectivity index (χ4n) is 2.79. The SMILES string of the molecule is CCOCC(=O)Nc1ccc2c(c1)N(C(=O)c1ccco1)CCC2. The third-order valence-corrected chi connectivity index (χ3v) is 3.90. The number of anilines is 2. The van der Waals surface area contributed by atoms with Gasteiger partial charge in [-0.3, -0.25) is 9.59 Å². The van der Waals surface area contributed by atoms with Crippen LogP contribution in [0.1, 0.15) is 29.5 Å². The van der Waals surface area contributed by atoms with Gasteiger partial charge < -0.3 is 19.4 Å². The van der Waals surface area contributed by atoms with Gasteiger partial charge in [0, 0.05) is 24.5 Å². The third kappa shape index (κ3) is 3.49. The second-order valence-electron chi connectivity index (χ2n) is 5.57. The highest BCUT2D eigenvalue weighted by atomic mass is 16.5. The zero-order chi connectivity index (χ0) is 16.9. The number of furan rings is 1. The number of nitrogens with one attached hydrogen (secondary N) is 1. The quantitative estimate of drug-likeness (QED) is 0.916. The van der Waals surface area contributed by atoms with Crippen LogP contribution >= 0.6 is 0 Å². The van der Waals surface area contributed by atoms with Gasteiger partial charge in [-0.1, -0.05) is 6.07 Å². The average Bonchev–Trinajstić information content (AvgIpc) is 3.13. The molecule has 0 aliphatic carbocycles. The molecule has 1 aliphatic heterocycles. The molecule has 0 atom stereocenters. The molecule has 1 aromatic heterocycles. The first-order chi connectivity index (χ1) is 11.7. The minimum atomic E-state index is -0.212. The molecule has 0 fully saturated rings. The summed E-state index contributed by atoms with van der Waals surface area (Å²) in [5, 5.41) is 2.80. The van der Waals surface area contributed by atoms with E-state index < -0.39 is 0 Å². The van der Waals surface area contributed by atoms with Crippen molar-refractivity contribution in [3.05, 3.63) is 47.9 Å². The maximum atomic E-state index is 12.6. The Balaban J connectivity index is 1.82. The molecular weight excluding hydrogens is 308 g/mol. The summed E-state index contributed by atoms with van der Waals surface area (Å²) in [6.45, 7) is 2.97. The van der Waals surface area contributed by atoms with Gasteiger partial charge in [-0.05, 0) is 49.6 Å². The molecule has 6 heteroatoms. The maximum Gasteiger partial charge on any atom is 0.293 e. The molecule has 1 aromatic carbocycles. The van der Waals surface area contributed by atoms with E-state index in [0.717, 1.165) is 24.1 Å². The summed E-state index contributed by atoms with van der Waals surface area (Å²) in [6.07, 6.45) is 3.29. The van der Waals surface area contributed by atoms with E-state index in [-0.39, 0.29) is 18.4 Å². The Kier molecular flexibility index (Phi) is 4.96. The molecule has 0 saturated heterocycles. The summed E-state index contributed by atoms with van der Waals surface area (Å²) in [7, 11) is 0. The monoisotopic (exact) mass is 328 g/mol. The molecule has 2 heterocycles. The number of aryl methyl sites for hydroxylation is 1. The minimum absolute atomic E-state index is 0.0165. The van der Waals surface area contributed by atoms with Crippen molar-refractivity contribution in [1.82, 2.24) is 0 Å². The molecule has 2 aromatic rings. The number of benzene rings is 1. The van der Waals surface area contributed by atoms with Crippen molar-refractivity contribution in [2.45, 2.75) is 19.8 Å². The lowest BCUT2D eigenvalue weighted by Crippen LogP contribution is -2.35. The Bertz CT molecular complexity index is 725. The fraction of sp³-hybridized carbons (Fsp3) is 0.333. The summed E-state index contributed by atoms with van der Waals surface area (Å²) in [6, 6.07) is 8.99. The second kappa shape index (κ2) is 7.31. The first-order valence-corrected chi connectivity index (χ1v) is 8.05. The smallest absolute Gasteiger partial charge is 0.293 e. The molecule has 0 spiro atoms. The molecule has 6 nitrogen and oxygen atoms in total. The Labute approximate surface area is 140 Å². The van der Waals surface area contributed by atoms with Crippen LogP contribution in [-0.4, -0.2) is 31.6 Å². The minimum Gasteiger partial charge on any atom is -0.459 e. The van der Waals surface area contributed by atoms with Crippen LogP contribution in [0.4, 0.5) is 11.4 Å². The number of amides is 2. The predicted molar refractivity (Wildman–Crippen MR) is 90.3 cm³/mol. The molecule has 0 radical (unpaired) electrons. The van der Waals surface area contributed by atoms with E-state index in [1.807, 2.05) is 25.1 Å². The van der Waals surface area contributed by atoms with Crippen molar-refractivity contribution < 1.29 is 18.7 Å². The van der Waals surface area contributed by atoms with Gasteiger partial charge in [0.1, 0.15) is 6.61 Å². The van der Waals surface area contributed by atoms with Gasteiger partial charge in [-0.2, -0.15) is 0 Å². The van der Waals surface area contributed by atoms with Crippen LogP contribution < -0.4 is 10.2 Å². The van der Waals surface area contributed by atoms with E-state index in [1.165, 1.54) is 6.26 Å². The van der Waals surface area contributed by atoms with E-state index >= 15 is 0 Å². The largest absolute Gasteiger partial charge is 0.459 e. The molecule has 3 rings (SSSR count). The Morgan fingerprint density at radius 2 is 2.21 bits per heavy atom. The summed E-state index contributed by atoms with van der Waals surface area (Å²) in [5.41, 5.74) is 2.55. The number of fused-ring (bicyclic) bond motifs is 1. The Morgan fingerprint density at radius 1 is 1.33 bits per heavy atom. The van der Waals surface area contributed by atoms with Crippen LogP contribution in [0.5, 0.6) is 0 Å². The number of nitrogens with zero attached hydrogens (tertiary/aromatic N) is 1. The first kappa shape index (κ1) is 16.3. The van der Waals surface area contributed by atoms with Crippen LogP contribution in [0.3, 0.4) is 0 Å². The molecule has 1 N–H and O–H groups in total. The van der Waals surface area contributed by atoms with Crippen LogP contribution in [0.25, 0.3) is 0 Å². The molecule has 0 bridgehead atoms. The predicted octanol–water partition coefficient (Wildman–Crippen LogP) is 2.85. The Morgan fingerprint density at radius 3 is 2.96 bits per heavy atom. The van der Waals surface area contributed by atoms with Gasteiger partial charge in [-0.25, -0.2) is 0 Å². The number of hydrogen-bond acceptors (Lipinski definition) is 4. The lowest BCUT2D eigenvalue weighted by molar-refractivity contribution is -0.120. The summed E-state index contributed by atoms with van der Waals surface area (Å²) in [4.78, 5) is 26.1.